The van der Waals surface area contributed by atoms with E-state index in [1.807, 2.05) is 72.3 Å². The highest BCUT2D eigenvalue weighted by molar-refractivity contribution is 7.99. The predicted octanol–water partition coefficient (Wildman–Crippen LogP) is 6.42. The number of amides is 1. The van der Waals surface area contributed by atoms with E-state index < -0.39 is 0 Å². The van der Waals surface area contributed by atoms with Crippen LogP contribution in [0.25, 0.3) is 11.3 Å². The van der Waals surface area contributed by atoms with Gasteiger partial charge < -0.3 is 10.1 Å². The summed E-state index contributed by atoms with van der Waals surface area (Å²) in [6.45, 7) is 8.27. The fourth-order valence-corrected chi connectivity index (χ4v) is 4.93. The van der Waals surface area contributed by atoms with Crippen LogP contribution in [0.4, 0.5) is 5.13 Å². The largest absolute Gasteiger partial charge is 0.482 e. The van der Waals surface area contributed by atoms with Gasteiger partial charge in [-0.1, -0.05) is 59.8 Å². The van der Waals surface area contributed by atoms with E-state index in [0.717, 1.165) is 22.6 Å². The van der Waals surface area contributed by atoms with Gasteiger partial charge in [0.15, 0.2) is 22.2 Å². The van der Waals surface area contributed by atoms with E-state index in [4.69, 9.17) is 16.3 Å². The molecule has 2 aromatic carbocycles. The van der Waals surface area contributed by atoms with Crippen LogP contribution >= 0.6 is 34.7 Å². The third kappa shape index (κ3) is 6.30. The van der Waals surface area contributed by atoms with Gasteiger partial charge in [-0.3, -0.25) is 9.36 Å². The molecule has 35 heavy (non-hydrogen) atoms. The molecule has 4 rings (SSSR count). The van der Waals surface area contributed by atoms with Gasteiger partial charge >= 0.3 is 0 Å². The number of benzene rings is 2. The van der Waals surface area contributed by atoms with E-state index in [9.17, 15) is 4.79 Å². The minimum atomic E-state index is -0.326. The standard InChI is InChI=1S/C25H24ClN5O2S2/c1-4-13-31-23(17(3)33-21-8-6-5-7-16(21)2)29-30-25(31)35-15-22(32)28-24-27-20(14-34-24)18-9-11-19(26)12-10-18/h4-12,14,17H,1,13,15H2,2-3H3,(H,27,28,32). The fraction of sp³-hybridized carbons (Fsp3) is 0.200. The first-order valence-electron chi connectivity index (χ1n) is 10.8. The highest BCUT2D eigenvalue weighted by atomic mass is 35.5. The lowest BCUT2D eigenvalue weighted by Crippen LogP contribution is -2.15. The van der Waals surface area contributed by atoms with Gasteiger partial charge in [-0.05, 0) is 37.6 Å². The number of ether oxygens (including phenoxy) is 1. The Morgan fingerprint density at radius 1 is 1.26 bits per heavy atom. The van der Waals surface area contributed by atoms with E-state index in [-0.39, 0.29) is 17.8 Å². The predicted molar refractivity (Wildman–Crippen MR) is 142 cm³/mol. The zero-order valence-corrected chi connectivity index (χ0v) is 21.7. The maximum atomic E-state index is 12.6. The number of hydrogen-bond acceptors (Lipinski definition) is 7. The molecule has 2 heterocycles. The van der Waals surface area contributed by atoms with E-state index in [1.54, 1.807) is 6.08 Å². The number of aryl methyl sites for hydroxylation is 1. The molecule has 0 bridgehead atoms. The second kappa shape index (κ2) is 11.5. The van der Waals surface area contributed by atoms with Crippen molar-refractivity contribution < 1.29 is 9.53 Å². The minimum Gasteiger partial charge on any atom is -0.482 e. The molecule has 0 aliphatic heterocycles. The molecule has 4 aromatic rings. The number of thiazole rings is 1. The molecule has 0 spiro atoms. The molecule has 7 nitrogen and oxygen atoms in total. The number of carbonyl (C=O) groups excluding carboxylic acids is 1. The number of aromatic nitrogens is 4. The first-order valence-corrected chi connectivity index (χ1v) is 13.1. The Kier molecular flexibility index (Phi) is 8.22. The molecule has 0 aliphatic carbocycles. The molecule has 0 radical (unpaired) electrons. The summed E-state index contributed by atoms with van der Waals surface area (Å²) in [7, 11) is 0. The van der Waals surface area contributed by atoms with Crippen molar-refractivity contribution in [3.8, 4) is 17.0 Å². The van der Waals surface area contributed by atoms with Crippen molar-refractivity contribution in [3.63, 3.8) is 0 Å². The quantitative estimate of drug-likeness (QED) is 0.190. The zero-order chi connectivity index (χ0) is 24.8. The maximum Gasteiger partial charge on any atom is 0.236 e. The van der Waals surface area contributed by atoms with Crippen LogP contribution in [0.1, 0.15) is 24.4 Å². The maximum absolute atomic E-state index is 12.6. The van der Waals surface area contributed by atoms with Crippen molar-refractivity contribution in [2.24, 2.45) is 0 Å². The van der Waals surface area contributed by atoms with Crippen LogP contribution in [0.2, 0.25) is 5.02 Å². The van der Waals surface area contributed by atoms with Gasteiger partial charge in [-0.15, -0.1) is 28.1 Å². The summed E-state index contributed by atoms with van der Waals surface area (Å²) in [5.41, 5.74) is 2.77. The van der Waals surface area contributed by atoms with Gasteiger partial charge in [0.1, 0.15) is 5.75 Å². The Balaban J connectivity index is 1.39. The smallest absolute Gasteiger partial charge is 0.236 e. The molecule has 1 atom stereocenters. The van der Waals surface area contributed by atoms with Crippen LogP contribution < -0.4 is 10.1 Å². The third-order valence-corrected chi connectivity index (χ3v) is 7.02. The lowest BCUT2D eigenvalue weighted by Gasteiger charge is -2.17. The Bertz CT molecular complexity index is 1320. The molecule has 1 unspecified atom stereocenters. The SMILES string of the molecule is C=CCn1c(SCC(=O)Nc2nc(-c3ccc(Cl)cc3)cs2)nnc1C(C)Oc1ccccc1C. The number of allylic oxidation sites excluding steroid dienone is 1. The van der Waals surface area contributed by atoms with E-state index in [0.29, 0.717) is 27.7 Å². The molecule has 0 saturated heterocycles. The molecular weight excluding hydrogens is 502 g/mol. The van der Waals surface area contributed by atoms with Gasteiger partial charge in [0.05, 0.1) is 11.4 Å². The van der Waals surface area contributed by atoms with Crippen LogP contribution in [0.3, 0.4) is 0 Å². The molecule has 0 fully saturated rings. The van der Waals surface area contributed by atoms with Gasteiger partial charge in [-0.25, -0.2) is 4.98 Å². The highest BCUT2D eigenvalue weighted by Gasteiger charge is 2.20. The number of halogens is 1. The van der Waals surface area contributed by atoms with Crippen LogP contribution in [-0.2, 0) is 11.3 Å². The first kappa shape index (κ1) is 25.0. The molecule has 2 aromatic heterocycles. The van der Waals surface area contributed by atoms with Crippen molar-refractivity contribution in [1.82, 2.24) is 19.7 Å². The second-order valence-electron chi connectivity index (χ2n) is 7.65. The zero-order valence-electron chi connectivity index (χ0n) is 19.3. The van der Waals surface area contributed by atoms with Crippen LogP contribution in [0.15, 0.2) is 71.7 Å². The van der Waals surface area contributed by atoms with Crippen molar-refractivity contribution >= 4 is 45.7 Å². The van der Waals surface area contributed by atoms with Crippen molar-refractivity contribution in [3.05, 3.63) is 83.0 Å². The molecular formula is C25H24ClN5O2S2. The molecule has 0 aliphatic rings. The van der Waals surface area contributed by atoms with Crippen molar-refractivity contribution in [2.75, 3.05) is 11.1 Å². The summed E-state index contributed by atoms with van der Waals surface area (Å²) in [4.78, 5) is 17.1. The van der Waals surface area contributed by atoms with Crippen molar-refractivity contribution in [1.29, 1.82) is 0 Å². The number of nitrogens with one attached hydrogen (secondary N) is 1. The van der Waals surface area contributed by atoms with Crippen molar-refractivity contribution in [2.45, 2.75) is 31.7 Å². The average molecular weight is 526 g/mol. The average Bonchev–Trinajstić information content (AvgIpc) is 3.47. The Hall–Kier alpha value is -3.14. The minimum absolute atomic E-state index is 0.165. The number of thioether (sulfide) groups is 1. The van der Waals surface area contributed by atoms with Gasteiger partial charge in [-0.2, -0.15) is 0 Å². The number of para-hydroxylation sites is 1. The molecule has 10 heteroatoms. The highest BCUT2D eigenvalue weighted by Crippen LogP contribution is 2.28. The summed E-state index contributed by atoms with van der Waals surface area (Å²) in [5, 5.41) is 15.2. The number of rotatable bonds is 10. The molecule has 1 N–H and O–H groups in total. The topological polar surface area (TPSA) is 81.9 Å². The summed E-state index contributed by atoms with van der Waals surface area (Å²) in [6, 6.07) is 15.2. The number of nitrogens with zero attached hydrogens (tertiary/aromatic N) is 4. The van der Waals surface area contributed by atoms with Gasteiger partial charge in [0, 0.05) is 22.5 Å². The van der Waals surface area contributed by atoms with Crippen LogP contribution in [-0.4, -0.2) is 31.4 Å². The number of anilines is 1. The first-order chi connectivity index (χ1) is 16.9. The van der Waals surface area contributed by atoms with Gasteiger partial charge in [0.25, 0.3) is 0 Å². The van der Waals surface area contributed by atoms with Crippen LogP contribution in [0.5, 0.6) is 5.75 Å². The Morgan fingerprint density at radius 2 is 2.03 bits per heavy atom. The van der Waals surface area contributed by atoms with Crippen LogP contribution in [0, 0.1) is 6.92 Å². The molecule has 0 saturated carbocycles. The Labute approximate surface area is 217 Å². The van der Waals surface area contributed by atoms with E-state index >= 15 is 0 Å². The van der Waals surface area contributed by atoms with E-state index in [1.165, 1.54) is 23.1 Å². The van der Waals surface area contributed by atoms with Gasteiger partial charge in [0.2, 0.25) is 5.91 Å². The fourth-order valence-electron chi connectivity index (χ4n) is 3.31. The normalized spacial score (nSPS) is 11.7. The number of hydrogen-bond donors (Lipinski definition) is 1. The van der Waals surface area contributed by atoms with E-state index in [2.05, 4.69) is 27.1 Å². The summed E-state index contributed by atoms with van der Waals surface area (Å²) in [6.07, 6.45) is 1.44. The Morgan fingerprint density at radius 3 is 2.77 bits per heavy atom. The molecule has 1 amide bonds. The molecule has 180 valence electrons. The lowest BCUT2D eigenvalue weighted by atomic mass is 10.2. The number of carbonyl (C=O) groups is 1. The summed E-state index contributed by atoms with van der Waals surface area (Å²) >= 11 is 8.62. The second-order valence-corrected chi connectivity index (χ2v) is 9.88. The monoisotopic (exact) mass is 525 g/mol. The lowest BCUT2D eigenvalue weighted by molar-refractivity contribution is -0.113. The summed E-state index contributed by atoms with van der Waals surface area (Å²) < 4.78 is 8.03. The third-order valence-electron chi connectivity index (χ3n) is 5.04. The summed E-state index contributed by atoms with van der Waals surface area (Å²) in [5.74, 6) is 1.45.